The van der Waals surface area contributed by atoms with Crippen LogP contribution in [0.5, 0.6) is 17.2 Å². The molecule has 5 aromatic rings. The van der Waals surface area contributed by atoms with Gasteiger partial charge in [0.05, 0.1) is 17.9 Å². The van der Waals surface area contributed by atoms with Crippen LogP contribution in [0.25, 0.3) is 5.76 Å². The minimum Gasteiger partial charge on any atom is -0.507 e. The van der Waals surface area contributed by atoms with Gasteiger partial charge >= 0.3 is 0 Å². The summed E-state index contributed by atoms with van der Waals surface area (Å²) in [7, 11) is 0. The summed E-state index contributed by atoms with van der Waals surface area (Å²) in [6.45, 7) is 3.37. The van der Waals surface area contributed by atoms with Gasteiger partial charge in [-0.25, -0.2) is 4.98 Å². The first-order chi connectivity index (χ1) is 22.0. The first-order valence-corrected chi connectivity index (χ1v) is 14.8. The number of imidazole rings is 1. The van der Waals surface area contributed by atoms with Gasteiger partial charge in [0.25, 0.3) is 11.7 Å². The number of hydrogen-bond acceptors (Lipinski definition) is 6. The quantitative estimate of drug-likeness (QED) is 0.0991. The Balaban J connectivity index is 1.30. The third kappa shape index (κ3) is 6.65. The number of rotatable bonds is 11. The van der Waals surface area contributed by atoms with Crippen LogP contribution in [0.3, 0.4) is 0 Å². The Kier molecular flexibility index (Phi) is 8.73. The average molecular weight is 600 g/mol. The van der Waals surface area contributed by atoms with Crippen molar-refractivity contribution in [1.82, 2.24) is 14.5 Å². The van der Waals surface area contributed by atoms with Crippen LogP contribution in [0.4, 0.5) is 0 Å². The molecule has 1 atom stereocenters. The highest BCUT2D eigenvalue weighted by Crippen LogP contribution is 2.41. The fraction of sp³-hybridized carbons (Fsp3) is 0.162. The van der Waals surface area contributed by atoms with Crippen LogP contribution in [0, 0.1) is 6.92 Å². The van der Waals surface area contributed by atoms with Crippen LogP contribution in [-0.2, 0) is 22.7 Å². The van der Waals surface area contributed by atoms with Crippen molar-refractivity contribution in [2.75, 3.05) is 6.54 Å². The van der Waals surface area contributed by atoms with Gasteiger partial charge in [0.15, 0.2) is 0 Å². The van der Waals surface area contributed by atoms with E-state index in [9.17, 15) is 14.7 Å². The molecular formula is C37H33N3O5. The molecule has 2 heterocycles. The van der Waals surface area contributed by atoms with E-state index in [-0.39, 0.29) is 11.3 Å². The Bertz CT molecular complexity index is 1810. The summed E-state index contributed by atoms with van der Waals surface area (Å²) in [6.07, 6.45) is 5.85. The van der Waals surface area contributed by atoms with Crippen LogP contribution in [-0.4, -0.2) is 37.8 Å². The fourth-order valence-electron chi connectivity index (χ4n) is 5.47. The molecule has 1 aliphatic rings. The van der Waals surface area contributed by atoms with Crippen LogP contribution in [0.1, 0.15) is 34.7 Å². The van der Waals surface area contributed by atoms with Crippen molar-refractivity contribution in [3.63, 3.8) is 0 Å². The normalized spacial score (nSPS) is 15.8. The zero-order chi connectivity index (χ0) is 31.2. The third-order valence-electron chi connectivity index (χ3n) is 7.85. The fourth-order valence-corrected chi connectivity index (χ4v) is 5.47. The second-order valence-electron chi connectivity index (χ2n) is 10.9. The van der Waals surface area contributed by atoms with Crippen LogP contribution < -0.4 is 9.47 Å². The molecule has 1 unspecified atom stereocenters. The Hall–Kier alpha value is -5.63. The molecule has 226 valence electrons. The van der Waals surface area contributed by atoms with Gasteiger partial charge in [-0.1, -0.05) is 54.6 Å². The number of Topliss-reactive ketones (excluding diaryl/α,β-unsaturated/α-hetero) is 1. The van der Waals surface area contributed by atoms with Crippen LogP contribution in [0.2, 0.25) is 0 Å². The van der Waals surface area contributed by atoms with E-state index in [0.717, 1.165) is 11.1 Å². The molecule has 45 heavy (non-hydrogen) atoms. The summed E-state index contributed by atoms with van der Waals surface area (Å²) in [5.74, 6) is 0.216. The standard InChI is InChI=1S/C37H33N3O5/c1-26-9-5-6-10-29(26)24-44-30-17-15-27(16-18-30)35(41)33-34(28-11-7-14-32(23-28)45-31-12-3-2-4-13-31)40(37(43)36(33)42)21-8-20-39-22-19-38-25-39/h2-7,9-19,22-23,25,34,41H,8,20-21,24H2,1H3/b35-33+. The molecule has 1 aromatic heterocycles. The molecule has 1 N–H and O–H groups in total. The van der Waals surface area contributed by atoms with Gasteiger partial charge < -0.3 is 24.0 Å². The van der Waals surface area contributed by atoms with Gasteiger partial charge in [-0.15, -0.1) is 0 Å². The maximum absolute atomic E-state index is 13.6. The van der Waals surface area contributed by atoms with E-state index < -0.39 is 17.7 Å². The summed E-state index contributed by atoms with van der Waals surface area (Å²) < 4.78 is 13.9. The maximum atomic E-state index is 13.6. The average Bonchev–Trinajstić information content (AvgIpc) is 3.67. The molecule has 0 saturated carbocycles. The molecule has 4 aromatic carbocycles. The molecule has 1 fully saturated rings. The van der Waals surface area contributed by atoms with Crippen LogP contribution >= 0.6 is 0 Å². The number of aliphatic hydroxyl groups is 1. The predicted octanol–water partition coefficient (Wildman–Crippen LogP) is 7.07. The highest BCUT2D eigenvalue weighted by molar-refractivity contribution is 6.46. The van der Waals surface area contributed by atoms with E-state index in [0.29, 0.717) is 54.5 Å². The van der Waals surface area contributed by atoms with Gasteiger partial charge in [0.2, 0.25) is 0 Å². The number of ketones is 1. The second kappa shape index (κ2) is 13.3. The molecule has 0 radical (unpaired) electrons. The zero-order valence-corrected chi connectivity index (χ0v) is 24.9. The van der Waals surface area contributed by atoms with Gasteiger partial charge in [-0.3, -0.25) is 9.59 Å². The predicted molar refractivity (Wildman–Crippen MR) is 171 cm³/mol. The zero-order valence-electron chi connectivity index (χ0n) is 24.9. The van der Waals surface area contributed by atoms with Crippen molar-refractivity contribution in [3.8, 4) is 17.2 Å². The Morgan fingerprint density at radius 3 is 2.36 bits per heavy atom. The molecule has 0 spiro atoms. The minimum absolute atomic E-state index is 0.0353. The number of benzene rings is 4. The number of carbonyl (C=O) groups excluding carboxylic acids is 2. The van der Waals surface area contributed by atoms with E-state index in [1.165, 1.54) is 4.90 Å². The molecule has 0 aliphatic carbocycles. The molecule has 1 saturated heterocycles. The summed E-state index contributed by atoms with van der Waals surface area (Å²) in [6, 6.07) is 30.8. The number of likely N-dealkylation sites (tertiary alicyclic amines) is 1. The lowest BCUT2D eigenvalue weighted by Gasteiger charge is -2.26. The molecule has 6 rings (SSSR count). The van der Waals surface area contributed by atoms with Crippen molar-refractivity contribution in [2.24, 2.45) is 0 Å². The van der Waals surface area contributed by atoms with E-state index in [1.807, 2.05) is 96.6 Å². The first-order valence-electron chi connectivity index (χ1n) is 14.8. The minimum atomic E-state index is -0.802. The van der Waals surface area contributed by atoms with Crippen molar-refractivity contribution in [1.29, 1.82) is 0 Å². The topological polar surface area (TPSA) is 93.9 Å². The Morgan fingerprint density at radius 2 is 1.60 bits per heavy atom. The van der Waals surface area contributed by atoms with Crippen molar-refractivity contribution in [2.45, 2.75) is 32.5 Å². The third-order valence-corrected chi connectivity index (χ3v) is 7.85. The first kappa shape index (κ1) is 29.4. The van der Waals surface area contributed by atoms with Gasteiger partial charge in [-0.2, -0.15) is 0 Å². The second-order valence-corrected chi connectivity index (χ2v) is 10.9. The largest absolute Gasteiger partial charge is 0.507 e. The van der Waals surface area contributed by atoms with E-state index in [2.05, 4.69) is 4.98 Å². The lowest BCUT2D eigenvalue weighted by molar-refractivity contribution is -0.139. The van der Waals surface area contributed by atoms with Gasteiger partial charge in [0.1, 0.15) is 29.6 Å². The van der Waals surface area contributed by atoms with Gasteiger partial charge in [-0.05, 0) is 78.6 Å². The Morgan fingerprint density at radius 1 is 0.844 bits per heavy atom. The molecule has 1 amide bonds. The number of hydrogen-bond donors (Lipinski definition) is 1. The SMILES string of the molecule is Cc1ccccc1COc1ccc(/C(O)=C2\C(=O)C(=O)N(CCCn3ccnc3)C2c2cccc(Oc3ccccc3)c2)cc1. The highest BCUT2D eigenvalue weighted by Gasteiger charge is 2.46. The van der Waals surface area contributed by atoms with Crippen molar-refractivity contribution < 1.29 is 24.2 Å². The Labute approximate surface area is 261 Å². The molecule has 1 aliphatic heterocycles. The summed E-state index contributed by atoms with van der Waals surface area (Å²) in [5, 5.41) is 11.6. The number of aromatic nitrogens is 2. The lowest BCUT2D eigenvalue weighted by Crippen LogP contribution is -2.31. The molecule has 8 heteroatoms. The summed E-state index contributed by atoms with van der Waals surface area (Å²) in [4.78, 5) is 32.6. The number of amides is 1. The van der Waals surface area contributed by atoms with Gasteiger partial charge in [0, 0.05) is 31.0 Å². The van der Waals surface area contributed by atoms with Crippen molar-refractivity contribution >= 4 is 17.4 Å². The van der Waals surface area contributed by atoms with Crippen LogP contribution in [0.15, 0.2) is 127 Å². The molecule has 0 bridgehead atoms. The van der Waals surface area contributed by atoms with Crippen molar-refractivity contribution in [3.05, 3.63) is 150 Å². The number of nitrogens with zero attached hydrogens (tertiary/aromatic N) is 3. The van der Waals surface area contributed by atoms with E-state index in [4.69, 9.17) is 9.47 Å². The number of aliphatic hydroxyl groups excluding tert-OH is 1. The highest BCUT2D eigenvalue weighted by atomic mass is 16.5. The van der Waals surface area contributed by atoms with E-state index >= 15 is 0 Å². The maximum Gasteiger partial charge on any atom is 0.295 e. The summed E-state index contributed by atoms with van der Waals surface area (Å²) in [5.41, 5.74) is 3.32. The molecular weight excluding hydrogens is 566 g/mol. The number of aryl methyl sites for hydroxylation is 2. The number of para-hydroxylation sites is 1. The molecule has 8 nitrogen and oxygen atoms in total. The smallest absolute Gasteiger partial charge is 0.295 e. The lowest BCUT2D eigenvalue weighted by atomic mass is 9.95. The number of ether oxygens (including phenoxy) is 2. The number of carbonyl (C=O) groups is 2. The van der Waals surface area contributed by atoms with E-state index in [1.54, 1.807) is 36.8 Å². The monoisotopic (exact) mass is 599 g/mol. The summed E-state index contributed by atoms with van der Waals surface area (Å²) >= 11 is 0.